The van der Waals surface area contributed by atoms with Crippen molar-refractivity contribution in [3.8, 4) is 0 Å². The maximum absolute atomic E-state index is 3.78. The van der Waals surface area contributed by atoms with Crippen molar-refractivity contribution in [3.05, 3.63) is 35.0 Å². The highest BCUT2D eigenvalue weighted by atomic mass is 32.1. The average molecular weight is 223 g/mol. The number of hydrogen-bond donors (Lipinski definition) is 1. The summed E-state index contributed by atoms with van der Waals surface area (Å²) in [4.78, 5) is 0. The minimum absolute atomic E-state index is 0.571. The summed E-state index contributed by atoms with van der Waals surface area (Å²) in [5, 5.41) is 7.92. The van der Waals surface area contributed by atoms with Crippen LogP contribution in [0.3, 0.4) is 0 Å². The van der Waals surface area contributed by atoms with Crippen molar-refractivity contribution in [1.82, 2.24) is 5.32 Å². The van der Waals surface area contributed by atoms with Gasteiger partial charge < -0.3 is 5.32 Å². The van der Waals surface area contributed by atoms with Gasteiger partial charge in [0.15, 0.2) is 0 Å². The molecule has 0 spiro atoms. The van der Waals surface area contributed by atoms with E-state index in [4.69, 9.17) is 0 Å². The minimum Gasteiger partial charge on any atom is -0.314 e. The summed E-state index contributed by atoms with van der Waals surface area (Å²) in [5.74, 6) is 0.671. The number of nitrogens with one attached hydrogen (secondary N) is 1. The summed E-state index contributed by atoms with van der Waals surface area (Å²) in [6.07, 6.45) is 4.23. The SMILES string of the molecule is C=CCC(C)C(C)NCCc1ccsc1. The predicted molar refractivity (Wildman–Crippen MR) is 69.5 cm³/mol. The van der Waals surface area contributed by atoms with E-state index in [0.717, 1.165) is 19.4 Å². The van der Waals surface area contributed by atoms with Crippen molar-refractivity contribution in [2.24, 2.45) is 5.92 Å². The van der Waals surface area contributed by atoms with Gasteiger partial charge in [-0.25, -0.2) is 0 Å². The third-order valence-corrected chi connectivity index (χ3v) is 3.58. The summed E-state index contributed by atoms with van der Waals surface area (Å²) >= 11 is 1.77. The van der Waals surface area contributed by atoms with E-state index in [-0.39, 0.29) is 0 Å². The van der Waals surface area contributed by atoms with E-state index in [9.17, 15) is 0 Å². The molecule has 2 heteroatoms. The van der Waals surface area contributed by atoms with Gasteiger partial charge in [0.05, 0.1) is 0 Å². The Bertz CT molecular complexity index is 266. The lowest BCUT2D eigenvalue weighted by atomic mass is 10.00. The third kappa shape index (κ3) is 4.63. The molecule has 0 radical (unpaired) electrons. The van der Waals surface area contributed by atoms with Crippen molar-refractivity contribution in [3.63, 3.8) is 0 Å². The molecule has 1 heterocycles. The molecule has 15 heavy (non-hydrogen) atoms. The molecule has 1 aromatic heterocycles. The molecule has 0 saturated carbocycles. The molecule has 1 rings (SSSR count). The molecule has 0 amide bonds. The summed E-state index contributed by atoms with van der Waals surface area (Å²) in [7, 11) is 0. The lowest BCUT2D eigenvalue weighted by Gasteiger charge is -2.19. The van der Waals surface area contributed by atoms with Crippen LogP contribution in [0.25, 0.3) is 0 Å². The second-order valence-corrected chi connectivity index (χ2v) is 4.91. The van der Waals surface area contributed by atoms with Gasteiger partial charge in [-0.1, -0.05) is 13.0 Å². The van der Waals surface area contributed by atoms with Crippen LogP contribution < -0.4 is 5.32 Å². The van der Waals surface area contributed by atoms with Crippen LogP contribution in [0.2, 0.25) is 0 Å². The lowest BCUT2D eigenvalue weighted by Crippen LogP contribution is -2.33. The molecule has 0 aromatic carbocycles. The van der Waals surface area contributed by atoms with Crippen LogP contribution in [-0.2, 0) is 6.42 Å². The molecule has 2 unspecified atom stereocenters. The van der Waals surface area contributed by atoms with Crippen molar-refractivity contribution in [2.75, 3.05) is 6.54 Å². The second-order valence-electron chi connectivity index (χ2n) is 4.13. The van der Waals surface area contributed by atoms with E-state index in [2.05, 4.69) is 42.6 Å². The van der Waals surface area contributed by atoms with Gasteiger partial charge in [-0.3, -0.25) is 0 Å². The lowest BCUT2D eigenvalue weighted by molar-refractivity contribution is 0.406. The highest BCUT2D eigenvalue weighted by molar-refractivity contribution is 7.07. The molecule has 84 valence electrons. The molecule has 1 N–H and O–H groups in total. The standard InChI is InChI=1S/C13H21NS/c1-4-5-11(2)12(3)14-8-6-13-7-9-15-10-13/h4,7,9-12,14H,1,5-6,8H2,2-3H3. The van der Waals surface area contributed by atoms with Gasteiger partial charge in [0.25, 0.3) is 0 Å². The molecule has 2 atom stereocenters. The topological polar surface area (TPSA) is 12.0 Å². The summed E-state index contributed by atoms with van der Waals surface area (Å²) in [6.45, 7) is 9.37. The monoisotopic (exact) mass is 223 g/mol. The first-order valence-electron chi connectivity index (χ1n) is 5.59. The molecular weight excluding hydrogens is 202 g/mol. The van der Waals surface area contributed by atoms with Crippen LogP contribution in [0, 0.1) is 5.92 Å². The molecule has 0 saturated heterocycles. The zero-order valence-electron chi connectivity index (χ0n) is 9.70. The maximum Gasteiger partial charge on any atom is 0.00674 e. The predicted octanol–water partition coefficient (Wildman–Crippen LogP) is 3.48. The van der Waals surface area contributed by atoms with Crippen LogP contribution in [-0.4, -0.2) is 12.6 Å². The number of allylic oxidation sites excluding steroid dienone is 1. The Morgan fingerprint density at radius 2 is 2.33 bits per heavy atom. The Morgan fingerprint density at radius 3 is 2.93 bits per heavy atom. The fourth-order valence-electron chi connectivity index (χ4n) is 1.55. The Hall–Kier alpha value is -0.600. The largest absolute Gasteiger partial charge is 0.314 e. The first-order valence-corrected chi connectivity index (χ1v) is 6.53. The van der Waals surface area contributed by atoms with Gasteiger partial charge in [0.1, 0.15) is 0 Å². The van der Waals surface area contributed by atoms with Gasteiger partial charge >= 0.3 is 0 Å². The van der Waals surface area contributed by atoms with Crippen LogP contribution in [0.15, 0.2) is 29.5 Å². The van der Waals surface area contributed by atoms with E-state index < -0.39 is 0 Å². The highest BCUT2D eigenvalue weighted by Crippen LogP contribution is 2.09. The molecular formula is C13H21NS. The molecule has 0 aliphatic carbocycles. The second kappa shape index (κ2) is 6.81. The summed E-state index contributed by atoms with van der Waals surface area (Å²) in [5.41, 5.74) is 1.44. The highest BCUT2D eigenvalue weighted by Gasteiger charge is 2.09. The van der Waals surface area contributed by atoms with Gasteiger partial charge in [-0.15, -0.1) is 6.58 Å². The zero-order valence-corrected chi connectivity index (χ0v) is 10.5. The Labute approximate surface area is 97.2 Å². The first kappa shape index (κ1) is 12.5. The fourth-order valence-corrected chi connectivity index (χ4v) is 2.25. The Morgan fingerprint density at radius 1 is 1.53 bits per heavy atom. The molecule has 0 aliphatic rings. The molecule has 1 nitrogen and oxygen atoms in total. The molecule has 0 bridgehead atoms. The minimum atomic E-state index is 0.571. The normalized spacial score (nSPS) is 14.8. The Balaban J connectivity index is 2.16. The van der Waals surface area contributed by atoms with E-state index in [1.54, 1.807) is 11.3 Å². The van der Waals surface area contributed by atoms with Crippen molar-refractivity contribution in [2.45, 2.75) is 32.7 Å². The fraction of sp³-hybridized carbons (Fsp3) is 0.538. The van der Waals surface area contributed by atoms with Crippen molar-refractivity contribution < 1.29 is 0 Å². The summed E-state index contributed by atoms with van der Waals surface area (Å²) in [6, 6.07) is 2.77. The van der Waals surface area contributed by atoms with E-state index in [1.807, 2.05) is 6.08 Å². The average Bonchev–Trinajstić information content (AvgIpc) is 2.71. The van der Waals surface area contributed by atoms with E-state index >= 15 is 0 Å². The van der Waals surface area contributed by atoms with Crippen LogP contribution in [0.5, 0.6) is 0 Å². The molecule has 0 aliphatic heterocycles. The van der Waals surface area contributed by atoms with Gasteiger partial charge in [0, 0.05) is 6.04 Å². The quantitative estimate of drug-likeness (QED) is 0.698. The van der Waals surface area contributed by atoms with E-state index in [0.29, 0.717) is 12.0 Å². The number of thiophene rings is 1. The molecule has 1 aromatic rings. The van der Waals surface area contributed by atoms with E-state index in [1.165, 1.54) is 5.56 Å². The zero-order chi connectivity index (χ0) is 11.1. The third-order valence-electron chi connectivity index (χ3n) is 2.85. The van der Waals surface area contributed by atoms with Crippen molar-refractivity contribution >= 4 is 11.3 Å². The van der Waals surface area contributed by atoms with Gasteiger partial charge in [0.2, 0.25) is 0 Å². The van der Waals surface area contributed by atoms with Crippen LogP contribution >= 0.6 is 11.3 Å². The van der Waals surface area contributed by atoms with Crippen LogP contribution in [0.4, 0.5) is 0 Å². The van der Waals surface area contributed by atoms with Gasteiger partial charge in [-0.05, 0) is 54.6 Å². The first-order chi connectivity index (χ1) is 7.24. The molecule has 0 fully saturated rings. The van der Waals surface area contributed by atoms with Crippen molar-refractivity contribution in [1.29, 1.82) is 0 Å². The maximum atomic E-state index is 3.78. The van der Waals surface area contributed by atoms with Crippen LogP contribution in [0.1, 0.15) is 25.8 Å². The Kier molecular flexibility index (Phi) is 5.66. The number of hydrogen-bond acceptors (Lipinski definition) is 2. The summed E-state index contributed by atoms with van der Waals surface area (Å²) < 4.78 is 0. The van der Waals surface area contributed by atoms with Gasteiger partial charge in [-0.2, -0.15) is 11.3 Å². The number of rotatable bonds is 7. The smallest absolute Gasteiger partial charge is 0.00674 e.